The maximum absolute atomic E-state index is 12.2. The van der Waals surface area contributed by atoms with Crippen LogP contribution < -0.4 is 5.32 Å². The van der Waals surface area contributed by atoms with E-state index in [0.717, 1.165) is 0 Å². The van der Waals surface area contributed by atoms with E-state index >= 15 is 0 Å². The zero-order valence-electron chi connectivity index (χ0n) is 21.6. The quantitative estimate of drug-likeness (QED) is 0.344. The van der Waals surface area contributed by atoms with Gasteiger partial charge in [0.2, 0.25) is 5.91 Å². The Morgan fingerprint density at radius 3 is 1.80 bits per heavy atom. The molecule has 3 aliphatic heterocycles. The van der Waals surface area contributed by atoms with E-state index in [2.05, 4.69) is 5.32 Å². The molecule has 3 unspecified atom stereocenters. The van der Waals surface area contributed by atoms with E-state index in [9.17, 15) is 23.4 Å². The van der Waals surface area contributed by atoms with Crippen LogP contribution in [-0.4, -0.2) is 83.8 Å². The van der Waals surface area contributed by atoms with Gasteiger partial charge in [-0.1, -0.05) is 55.4 Å². The number of aliphatic hydroxyl groups is 2. The largest absolute Gasteiger partial charge is 0.414 e. The number of carbonyl (C=O) groups excluding carboxylic acids is 1. The first-order valence-corrected chi connectivity index (χ1v) is 17.6. The first-order valence-electron chi connectivity index (χ1n) is 12.3. The van der Waals surface area contributed by atoms with Crippen molar-refractivity contribution in [2.75, 3.05) is 6.61 Å². The molecule has 3 N–H and O–H groups in total. The minimum absolute atomic E-state index is 0.0224. The highest BCUT2D eigenvalue weighted by molar-refractivity contribution is 7.81. The molecule has 0 aromatic carbocycles. The summed E-state index contributed by atoms with van der Waals surface area (Å²) in [5, 5.41) is 26.2. The minimum Gasteiger partial charge on any atom is -0.414 e. The average molecular weight is 554 g/mol. The lowest BCUT2D eigenvalue weighted by molar-refractivity contribution is -0.275. The molecule has 14 heteroatoms. The molecule has 0 aromatic heterocycles. The van der Waals surface area contributed by atoms with Gasteiger partial charge in [0.15, 0.2) is 0 Å². The molecule has 202 valence electrons. The fourth-order valence-electron chi connectivity index (χ4n) is 6.26. The van der Waals surface area contributed by atoms with E-state index in [1.807, 2.05) is 55.4 Å². The molecule has 4 rings (SSSR count). The zero-order chi connectivity index (χ0) is 26.4. The summed E-state index contributed by atoms with van der Waals surface area (Å²) in [5.41, 5.74) is -3.62. The molecule has 1 saturated carbocycles. The molecule has 11 nitrogen and oxygen atoms in total. The molecular weight excluding hydrogens is 514 g/mol. The maximum atomic E-state index is 12.2. The molecule has 1 aliphatic carbocycles. The Kier molecular flexibility index (Phi) is 6.74. The fourth-order valence-corrected chi connectivity index (χ4v) is 18.5. The minimum atomic E-state index is -4.47. The third kappa shape index (κ3) is 3.82. The number of hydrogen-bond acceptors (Lipinski definition) is 10. The van der Waals surface area contributed by atoms with Crippen molar-refractivity contribution in [2.24, 2.45) is 0 Å². The third-order valence-corrected chi connectivity index (χ3v) is 19.3. The number of hydrogen-bond donors (Lipinski definition) is 3. The summed E-state index contributed by atoms with van der Waals surface area (Å²) in [6.45, 7) is 15.5. The lowest BCUT2D eigenvalue weighted by Crippen LogP contribution is -2.87. The van der Waals surface area contributed by atoms with Crippen LogP contribution in [0.1, 0.15) is 61.8 Å². The summed E-state index contributed by atoms with van der Waals surface area (Å²) < 4.78 is 55.4. The lowest BCUT2D eigenvalue weighted by Gasteiger charge is -2.62. The van der Waals surface area contributed by atoms with Crippen LogP contribution in [-0.2, 0) is 36.5 Å². The maximum Gasteiger partial charge on any atom is 0.400 e. The summed E-state index contributed by atoms with van der Waals surface area (Å²) >= 11 is 0. The van der Waals surface area contributed by atoms with E-state index in [0.29, 0.717) is 0 Å². The third-order valence-electron chi connectivity index (χ3n) is 8.22. The lowest BCUT2D eigenvalue weighted by atomic mass is 9.62. The monoisotopic (exact) mass is 553 g/mol. The Balaban J connectivity index is 1.97. The number of amides is 1. The van der Waals surface area contributed by atoms with E-state index in [1.165, 1.54) is 0 Å². The first kappa shape index (κ1) is 27.6. The van der Waals surface area contributed by atoms with Gasteiger partial charge in [-0.25, -0.2) is 8.37 Å². The van der Waals surface area contributed by atoms with Gasteiger partial charge < -0.3 is 28.5 Å². The Bertz CT molecular complexity index is 949. The molecule has 1 amide bonds. The number of rotatable bonds is 4. The van der Waals surface area contributed by atoms with Crippen LogP contribution in [0.25, 0.3) is 0 Å². The highest BCUT2D eigenvalue weighted by Gasteiger charge is 2.76. The van der Waals surface area contributed by atoms with Crippen LogP contribution in [0.2, 0.25) is 22.2 Å². The molecule has 4 fully saturated rings. The standard InChI is InChI=1S/C21H39NO10SSi2/c1-11(2)34(12(3)4)30-18-19(31-35(32-34,13(5)6)14(7)8)21(25)10-28-33(26,27)29-17(21)16(24)20(18)9-15(23)22-20/h11-14,16-19,24-25H,9-10H2,1-8H3,(H,22,23)/t16?,17?,18-,19?,20+,21-/m0/s1. The molecule has 0 bridgehead atoms. The Hall–Kier alpha value is -0.426. The molecule has 4 aliphatic rings. The molecule has 6 atom stereocenters. The number of β-lactam (4-membered cyclic amide) rings is 1. The van der Waals surface area contributed by atoms with Crippen molar-refractivity contribution in [1.29, 1.82) is 0 Å². The van der Waals surface area contributed by atoms with Gasteiger partial charge in [0.25, 0.3) is 0 Å². The van der Waals surface area contributed by atoms with Gasteiger partial charge in [0, 0.05) is 0 Å². The second-order valence-electron chi connectivity index (χ2n) is 11.6. The summed E-state index contributed by atoms with van der Waals surface area (Å²) in [5.74, 6) is -0.325. The fraction of sp³-hybridized carbons (Fsp3) is 0.952. The number of carbonyl (C=O) groups is 1. The van der Waals surface area contributed by atoms with Gasteiger partial charge in [0.05, 0.1) is 6.42 Å². The van der Waals surface area contributed by atoms with Gasteiger partial charge in [-0.05, 0) is 22.2 Å². The molecule has 3 saturated heterocycles. The molecule has 0 radical (unpaired) electrons. The van der Waals surface area contributed by atoms with Crippen molar-refractivity contribution < 1.29 is 44.8 Å². The second-order valence-corrected chi connectivity index (χ2v) is 21.7. The SMILES string of the molecule is CC(C)[Si]1(C(C)C)OC2[C@H](O[Si](C(C)C)(C(C)C)O1)[C@@]1(CC(=O)N1)C(O)C1OS(=O)(=O)OC[C@]12O. The smallest absolute Gasteiger partial charge is 0.400 e. The summed E-state index contributed by atoms with van der Waals surface area (Å²) in [6.07, 6.45) is -5.52. The highest BCUT2D eigenvalue weighted by Crippen LogP contribution is 2.55. The van der Waals surface area contributed by atoms with Gasteiger partial charge in [-0.3, -0.25) is 4.79 Å². The van der Waals surface area contributed by atoms with E-state index in [4.69, 9.17) is 21.3 Å². The molecule has 0 aromatic rings. The van der Waals surface area contributed by atoms with Crippen molar-refractivity contribution in [2.45, 2.75) is 120 Å². The summed E-state index contributed by atoms with van der Waals surface area (Å²) in [6, 6.07) is 0. The van der Waals surface area contributed by atoms with E-state index in [-0.39, 0.29) is 34.5 Å². The predicted octanol–water partition coefficient (Wildman–Crippen LogP) is 1.34. The van der Waals surface area contributed by atoms with Gasteiger partial charge in [0.1, 0.15) is 42.2 Å². The second kappa shape index (κ2) is 8.54. The number of nitrogens with one attached hydrogen (secondary N) is 1. The van der Waals surface area contributed by atoms with Crippen LogP contribution in [0.3, 0.4) is 0 Å². The van der Waals surface area contributed by atoms with E-state index < -0.39 is 69.7 Å². The van der Waals surface area contributed by atoms with Gasteiger partial charge in [-0.15, -0.1) is 0 Å². The van der Waals surface area contributed by atoms with Crippen LogP contribution >= 0.6 is 0 Å². The van der Waals surface area contributed by atoms with Crippen LogP contribution in [0.15, 0.2) is 0 Å². The Morgan fingerprint density at radius 2 is 1.37 bits per heavy atom. The van der Waals surface area contributed by atoms with Crippen molar-refractivity contribution in [3.05, 3.63) is 0 Å². The number of aliphatic hydroxyl groups excluding tert-OH is 1. The Morgan fingerprint density at radius 1 is 0.914 bits per heavy atom. The highest BCUT2D eigenvalue weighted by atomic mass is 32.3. The van der Waals surface area contributed by atoms with E-state index in [1.54, 1.807) is 0 Å². The first-order chi connectivity index (χ1) is 16.0. The van der Waals surface area contributed by atoms with Crippen LogP contribution in [0.4, 0.5) is 0 Å². The summed E-state index contributed by atoms with van der Waals surface area (Å²) in [4.78, 5) is 12.2. The van der Waals surface area contributed by atoms with Gasteiger partial charge in [-0.2, -0.15) is 8.42 Å². The Labute approximate surface area is 209 Å². The molecular formula is C21H39NO10SSi2. The topological polar surface area (TPSA) is 150 Å². The molecule has 3 heterocycles. The van der Waals surface area contributed by atoms with Crippen molar-refractivity contribution in [3.63, 3.8) is 0 Å². The molecule has 35 heavy (non-hydrogen) atoms. The normalized spacial score (nSPS) is 41.9. The van der Waals surface area contributed by atoms with Crippen molar-refractivity contribution >= 4 is 33.4 Å². The van der Waals surface area contributed by atoms with Crippen LogP contribution in [0.5, 0.6) is 0 Å². The van der Waals surface area contributed by atoms with Crippen LogP contribution in [0, 0.1) is 0 Å². The van der Waals surface area contributed by atoms with Gasteiger partial charge >= 0.3 is 27.5 Å². The summed E-state index contributed by atoms with van der Waals surface area (Å²) in [7, 11) is -10.8. The average Bonchev–Trinajstić information content (AvgIpc) is 2.89. The number of fused-ring (bicyclic) bond motifs is 4. The predicted molar refractivity (Wildman–Crippen MR) is 129 cm³/mol. The molecule has 1 spiro atoms. The zero-order valence-corrected chi connectivity index (χ0v) is 24.4. The van der Waals surface area contributed by atoms with Crippen molar-refractivity contribution in [1.82, 2.24) is 5.32 Å². The van der Waals surface area contributed by atoms with Crippen molar-refractivity contribution in [3.8, 4) is 0 Å².